The normalized spacial score (nSPS) is 22.2. The highest BCUT2D eigenvalue weighted by Crippen LogP contribution is 2.42. The van der Waals surface area contributed by atoms with Gasteiger partial charge in [0.15, 0.2) is 0 Å². The molecule has 0 radical (unpaired) electrons. The summed E-state index contributed by atoms with van der Waals surface area (Å²) in [7, 11) is 0. The van der Waals surface area contributed by atoms with Crippen LogP contribution in [-0.4, -0.2) is 19.2 Å². The third-order valence-corrected chi connectivity index (χ3v) is 4.30. The van der Waals surface area contributed by atoms with Crippen molar-refractivity contribution in [2.75, 3.05) is 13.1 Å². The fraction of sp³-hybridized carbons (Fsp3) is 0.684. The van der Waals surface area contributed by atoms with Crippen molar-refractivity contribution in [2.45, 2.75) is 59.0 Å². The molecule has 0 aliphatic heterocycles. The number of ether oxygens (including phenoxy) is 1. The molecule has 1 aliphatic carbocycles. The molecule has 0 heterocycles. The molecule has 0 spiro atoms. The van der Waals surface area contributed by atoms with Crippen LogP contribution in [0, 0.1) is 11.8 Å². The summed E-state index contributed by atoms with van der Waals surface area (Å²) in [6.07, 6.45) is 4.22. The maximum atomic E-state index is 6.03. The second-order valence-corrected chi connectivity index (χ2v) is 7.05. The van der Waals surface area contributed by atoms with Gasteiger partial charge in [0.05, 0.1) is 6.10 Å². The predicted octanol–water partition coefficient (Wildman–Crippen LogP) is 4.60. The second-order valence-electron chi connectivity index (χ2n) is 7.05. The van der Waals surface area contributed by atoms with E-state index in [9.17, 15) is 0 Å². The minimum Gasteiger partial charge on any atom is -0.491 e. The van der Waals surface area contributed by atoms with E-state index in [0.717, 1.165) is 30.7 Å². The Morgan fingerprint density at radius 1 is 1.14 bits per heavy atom. The monoisotopic (exact) mass is 289 g/mol. The van der Waals surface area contributed by atoms with E-state index in [0.29, 0.717) is 5.92 Å². The maximum Gasteiger partial charge on any atom is 0.123 e. The van der Waals surface area contributed by atoms with Gasteiger partial charge in [0.1, 0.15) is 5.75 Å². The summed E-state index contributed by atoms with van der Waals surface area (Å²) in [5.41, 5.74) is 1.42. The summed E-state index contributed by atoms with van der Waals surface area (Å²) in [4.78, 5) is 0. The Kier molecular flexibility index (Phi) is 6.10. The second kappa shape index (κ2) is 7.84. The molecule has 1 fully saturated rings. The topological polar surface area (TPSA) is 21.3 Å². The van der Waals surface area contributed by atoms with Crippen LogP contribution in [0.25, 0.3) is 0 Å². The van der Waals surface area contributed by atoms with Crippen molar-refractivity contribution < 1.29 is 4.74 Å². The summed E-state index contributed by atoms with van der Waals surface area (Å²) in [5, 5.41) is 3.65. The first-order chi connectivity index (χ1) is 10.1. The van der Waals surface area contributed by atoms with Crippen molar-refractivity contribution in [3.8, 4) is 5.75 Å². The third kappa shape index (κ3) is 4.74. The highest BCUT2D eigenvalue weighted by molar-refractivity contribution is 5.37. The standard InChI is InChI=1S/C19H31NO/c1-14(2)12-20-13-16-8-7-10-17(16)18-9-5-6-11-19(18)21-15(3)4/h5-6,9,11,14-17,20H,7-8,10,12-13H2,1-4H3. The average Bonchev–Trinajstić information content (AvgIpc) is 2.86. The molecule has 2 atom stereocenters. The maximum absolute atomic E-state index is 6.03. The summed E-state index contributed by atoms with van der Waals surface area (Å²) in [5.74, 6) is 3.22. The Hall–Kier alpha value is -1.02. The molecule has 1 aliphatic rings. The van der Waals surface area contributed by atoms with Crippen molar-refractivity contribution in [3.63, 3.8) is 0 Å². The molecular formula is C19H31NO. The lowest BCUT2D eigenvalue weighted by Gasteiger charge is -2.24. The number of nitrogens with one attached hydrogen (secondary N) is 1. The van der Waals surface area contributed by atoms with Gasteiger partial charge < -0.3 is 10.1 Å². The van der Waals surface area contributed by atoms with Gasteiger partial charge in [-0.2, -0.15) is 0 Å². The first kappa shape index (κ1) is 16.4. The molecule has 2 rings (SSSR count). The summed E-state index contributed by atoms with van der Waals surface area (Å²) < 4.78 is 6.03. The first-order valence-corrected chi connectivity index (χ1v) is 8.54. The van der Waals surface area contributed by atoms with E-state index in [1.54, 1.807) is 0 Å². The van der Waals surface area contributed by atoms with Crippen LogP contribution in [0.3, 0.4) is 0 Å². The fourth-order valence-electron chi connectivity index (χ4n) is 3.40. The Morgan fingerprint density at radius 2 is 1.90 bits per heavy atom. The van der Waals surface area contributed by atoms with Crippen LogP contribution < -0.4 is 10.1 Å². The lowest BCUT2D eigenvalue weighted by atomic mass is 9.88. The fourth-order valence-corrected chi connectivity index (χ4v) is 3.40. The molecule has 1 aromatic rings. The van der Waals surface area contributed by atoms with Crippen LogP contribution in [0.4, 0.5) is 0 Å². The molecule has 1 saturated carbocycles. The van der Waals surface area contributed by atoms with E-state index < -0.39 is 0 Å². The third-order valence-electron chi connectivity index (χ3n) is 4.30. The molecule has 0 saturated heterocycles. The number of hydrogen-bond donors (Lipinski definition) is 1. The van der Waals surface area contributed by atoms with Crippen LogP contribution >= 0.6 is 0 Å². The summed E-state index contributed by atoms with van der Waals surface area (Å²) in [6, 6.07) is 8.64. The minimum absolute atomic E-state index is 0.241. The Balaban J connectivity index is 2.05. The molecule has 1 aromatic carbocycles. The van der Waals surface area contributed by atoms with Gasteiger partial charge >= 0.3 is 0 Å². The van der Waals surface area contributed by atoms with Gasteiger partial charge in [-0.3, -0.25) is 0 Å². The van der Waals surface area contributed by atoms with E-state index in [2.05, 4.69) is 57.3 Å². The van der Waals surface area contributed by atoms with E-state index in [1.165, 1.54) is 24.8 Å². The zero-order valence-electron chi connectivity index (χ0n) is 14.1. The lowest BCUT2D eigenvalue weighted by molar-refractivity contribution is 0.237. The average molecular weight is 289 g/mol. The molecule has 21 heavy (non-hydrogen) atoms. The van der Waals surface area contributed by atoms with Gasteiger partial charge in [-0.25, -0.2) is 0 Å². The van der Waals surface area contributed by atoms with Crippen LogP contribution in [0.1, 0.15) is 58.4 Å². The van der Waals surface area contributed by atoms with Gasteiger partial charge in [-0.15, -0.1) is 0 Å². The van der Waals surface area contributed by atoms with E-state index in [-0.39, 0.29) is 6.10 Å². The number of hydrogen-bond acceptors (Lipinski definition) is 2. The number of rotatable bonds is 7. The molecule has 0 amide bonds. The zero-order chi connectivity index (χ0) is 15.2. The van der Waals surface area contributed by atoms with Crippen molar-refractivity contribution in [3.05, 3.63) is 29.8 Å². The summed E-state index contributed by atoms with van der Waals surface area (Å²) >= 11 is 0. The number of benzene rings is 1. The largest absolute Gasteiger partial charge is 0.491 e. The quantitative estimate of drug-likeness (QED) is 0.792. The molecule has 0 aromatic heterocycles. The van der Waals surface area contributed by atoms with E-state index in [1.807, 2.05) is 0 Å². The Morgan fingerprint density at radius 3 is 2.62 bits per heavy atom. The van der Waals surface area contributed by atoms with Crippen LogP contribution in [0.5, 0.6) is 5.75 Å². The van der Waals surface area contributed by atoms with E-state index >= 15 is 0 Å². The van der Waals surface area contributed by atoms with Crippen LogP contribution in [-0.2, 0) is 0 Å². The molecule has 2 heteroatoms. The van der Waals surface area contributed by atoms with Crippen molar-refractivity contribution in [1.29, 1.82) is 0 Å². The highest BCUT2D eigenvalue weighted by Gasteiger charge is 2.30. The molecule has 1 N–H and O–H groups in total. The first-order valence-electron chi connectivity index (χ1n) is 8.54. The van der Waals surface area contributed by atoms with Crippen LogP contribution in [0.15, 0.2) is 24.3 Å². The zero-order valence-corrected chi connectivity index (χ0v) is 14.1. The SMILES string of the molecule is CC(C)CNCC1CCCC1c1ccccc1OC(C)C. The van der Waals surface area contributed by atoms with Crippen molar-refractivity contribution >= 4 is 0 Å². The van der Waals surface area contributed by atoms with Gasteiger partial charge in [0, 0.05) is 0 Å². The minimum atomic E-state index is 0.241. The lowest BCUT2D eigenvalue weighted by Crippen LogP contribution is -2.27. The van der Waals surface area contributed by atoms with Gasteiger partial charge in [-0.1, -0.05) is 38.5 Å². The van der Waals surface area contributed by atoms with Gasteiger partial charge in [0.2, 0.25) is 0 Å². The molecular weight excluding hydrogens is 258 g/mol. The van der Waals surface area contributed by atoms with Gasteiger partial charge in [-0.05, 0) is 69.2 Å². The molecule has 2 unspecified atom stereocenters. The molecule has 118 valence electrons. The van der Waals surface area contributed by atoms with Gasteiger partial charge in [0.25, 0.3) is 0 Å². The summed E-state index contributed by atoms with van der Waals surface area (Å²) in [6.45, 7) is 11.0. The smallest absolute Gasteiger partial charge is 0.123 e. The Bertz CT molecular complexity index is 427. The highest BCUT2D eigenvalue weighted by atomic mass is 16.5. The van der Waals surface area contributed by atoms with Crippen LogP contribution in [0.2, 0.25) is 0 Å². The molecule has 2 nitrogen and oxygen atoms in total. The van der Waals surface area contributed by atoms with Crippen molar-refractivity contribution in [1.82, 2.24) is 5.32 Å². The van der Waals surface area contributed by atoms with E-state index in [4.69, 9.17) is 4.74 Å². The molecule has 0 bridgehead atoms. The Labute approximate surface area is 130 Å². The number of para-hydroxylation sites is 1. The van der Waals surface area contributed by atoms with Crippen molar-refractivity contribution in [2.24, 2.45) is 11.8 Å². The predicted molar refractivity (Wildman–Crippen MR) is 90.0 cm³/mol.